The van der Waals surface area contributed by atoms with Crippen LogP contribution in [0, 0.1) is 5.92 Å². The van der Waals surface area contributed by atoms with Gasteiger partial charge in [-0.15, -0.1) is 0 Å². The number of ether oxygens (including phenoxy) is 2. The van der Waals surface area contributed by atoms with E-state index in [1.54, 1.807) is 42.6 Å². The summed E-state index contributed by atoms with van der Waals surface area (Å²) in [5.74, 6) is 0.960. The second-order valence-electron chi connectivity index (χ2n) is 8.18. The molecule has 6 nitrogen and oxygen atoms in total. The summed E-state index contributed by atoms with van der Waals surface area (Å²) in [5.41, 5.74) is 1.22. The molecule has 1 saturated carbocycles. The zero-order valence-electron chi connectivity index (χ0n) is 18.2. The molecule has 0 atom stereocenters. The number of carbonyl (C=O) groups excluding carboxylic acids is 2. The highest BCUT2D eigenvalue weighted by Crippen LogP contribution is 2.30. The zero-order valence-corrected chi connectivity index (χ0v) is 19.7. The molecule has 3 aromatic rings. The predicted octanol–water partition coefficient (Wildman–Crippen LogP) is 6.60. The molecular weight excluding hydrogens is 463 g/mol. The third kappa shape index (κ3) is 6.22. The maximum absolute atomic E-state index is 12.7. The Morgan fingerprint density at radius 2 is 1.70 bits per heavy atom. The minimum Gasteiger partial charge on any atom is -0.457 e. The topological polar surface area (TPSA) is 70.4 Å². The lowest BCUT2D eigenvalue weighted by molar-refractivity contribution is 0.00677. The molecule has 33 heavy (non-hydrogen) atoms. The van der Waals surface area contributed by atoms with Gasteiger partial charge < -0.3 is 9.47 Å². The molecule has 0 aliphatic heterocycles. The Morgan fingerprint density at radius 1 is 0.970 bits per heavy atom. The fourth-order valence-corrected chi connectivity index (χ4v) is 4.29. The highest BCUT2D eigenvalue weighted by atomic mass is 35.5. The Labute approximate surface area is 202 Å². The van der Waals surface area contributed by atoms with E-state index in [-0.39, 0.29) is 23.7 Å². The van der Waals surface area contributed by atoms with Crippen molar-refractivity contribution >= 4 is 34.9 Å². The van der Waals surface area contributed by atoms with Gasteiger partial charge in [-0.05, 0) is 79.8 Å². The number of hydrogen-bond donors (Lipinski definition) is 0. The summed E-state index contributed by atoms with van der Waals surface area (Å²) < 4.78 is 13.3. The molecule has 0 radical (unpaired) electrons. The molecule has 1 aromatic heterocycles. The molecule has 172 valence electrons. The molecule has 1 aliphatic rings. The monoisotopic (exact) mass is 486 g/mol. The lowest BCUT2D eigenvalue weighted by Gasteiger charge is -2.27. The molecule has 0 N–H and O–H groups in total. The number of carbonyl (C=O) groups is 2. The van der Waals surface area contributed by atoms with Gasteiger partial charge in [0.25, 0.3) is 0 Å². The fraction of sp³-hybridized carbons (Fsp3) is 0.320. The summed E-state index contributed by atoms with van der Waals surface area (Å²) in [6, 6.07) is 14.2. The maximum atomic E-state index is 12.7. The van der Waals surface area contributed by atoms with E-state index < -0.39 is 0 Å². The summed E-state index contributed by atoms with van der Waals surface area (Å²) in [6.07, 6.45) is 4.64. The van der Waals surface area contributed by atoms with Crippen LogP contribution in [0.4, 0.5) is 0 Å². The van der Waals surface area contributed by atoms with Gasteiger partial charge >= 0.3 is 0 Å². The molecule has 8 heteroatoms. The van der Waals surface area contributed by atoms with Gasteiger partial charge in [-0.1, -0.05) is 23.2 Å². The van der Waals surface area contributed by atoms with Crippen LogP contribution in [0.5, 0.6) is 11.5 Å². The Hall–Kier alpha value is -2.67. The van der Waals surface area contributed by atoms with Crippen molar-refractivity contribution in [3.63, 3.8) is 0 Å². The van der Waals surface area contributed by atoms with E-state index in [0.29, 0.717) is 33.8 Å². The summed E-state index contributed by atoms with van der Waals surface area (Å²) in [4.78, 5) is 24.1. The molecule has 1 heterocycles. The van der Waals surface area contributed by atoms with Crippen LogP contribution in [0.25, 0.3) is 0 Å². The second kappa shape index (κ2) is 10.5. The molecule has 1 fully saturated rings. The van der Waals surface area contributed by atoms with Crippen LogP contribution in [0.3, 0.4) is 0 Å². The van der Waals surface area contributed by atoms with Crippen LogP contribution in [0.2, 0.25) is 10.0 Å². The van der Waals surface area contributed by atoms with Crippen LogP contribution in [-0.4, -0.2) is 27.6 Å². The second-order valence-corrected chi connectivity index (χ2v) is 9.05. The molecule has 0 spiro atoms. The van der Waals surface area contributed by atoms with Crippen molar-refractivity contribution < 1.29 is 19.1 Å². The number of benzene rings is 2. The smallest absolute Gasteiger partial charge is 0.249 e. The van der Waals surface area contributed by atoms with Crippen LogP contribution >= 0.6 is 23.2 Å². The number of halogens is 2. The SMILES string of the molecule is CC(=O)c1ccn(C(=O)C2CCC(OCc3cc(Cl)cc(Oc4ccc(Cl)cc4)c3)CC2)n1. The lowest BCUT2D eigenvalue weighted by Crippen LogP contribution is -2.29. The van der Waals surface area contributed by atoms with Crippen molar-refractivity contribution in [3.8, 4) is 11.5 Å². The number of Topliss-reactive ketones (excluding diaryl/α,β-unsaturated/α-hetero) is 1. The number of hydrogen-bond acceptors (Lipinski definition) is 5. The van der Waals surface area contributed by atoms with Crippen LogP contribution in [-0.2, 0) is 11.3 Å². The van der Waals surface area contributed by atoms with E-state index in [1.165, 1.54) is 11.6 Å². The van der Waals surface area contributed by atoms with Crippen molar-refractivity contribution in [1.29, 1.82) is 0 Å². The first-order valence-corrected chi connectivity index (χ1v) is 11.6. The Balaban J connectivity index is 1.29. The van der Waals surface area contributed by atoms with Crippen LogP contribution in [0.1, 0.15) is 53.5 Å². The molecular formula is C25H24Cl2N2O4. The van der Waals surface area contributed by atoms with E-state index in [4.69, 9.17) is 32.7 Å². The van der Waals surface area contributed by atoms with E-state index in [0.717, 1.165) is 31.2 Å². The minimum atomic E-state index is -0.151. The van der Waals surface area contributed by atoms with E-state index in [1.807, 2.05) is 12.1 Å². The van der Waals surface area contributed by atoms with Gasteiger partial charge in [0.2, 0.25) is 5.91 Å². The van der Waals surface area contributed by atoms with Gasteiger partial charge in [0.15, 0.2) is 5.78 Å². The normalized spacial score (nSPS) is 18.2. The number of rotatable bonds is 7. The van der Waals surface area contributed by atoms with Gasteiger partial charge in [0.05, 0.1) is 12.7 Å². The molecule has 1 aliphatic carbocycles. The standard InChI is InChI=1S/C25H24Cl2N2O4/c1-16(30)24-10-11-29(28-24)25(31)18-2-6-21(7-3-18)32-15-17-12-20(27)14-23(13-17)33-22-8-4-19(26)5-9-22/h4-5,8-14,18,21H,2-3,6-7,15H2,1H3. The summed E-state index contributed by atoms with van der Waals surface area (Å²) >= 11 is 12.2. The van der Waals surface area contributed by atoms with Crippen LogP contribution < -0.4 is 4.74 Å². The summed E-state index contributed by atoms with van der Waals surface area (Å²) in [7, 11) is 0. The minimum absolute atomic E-state index is 0.0686. The third-order valence-corrected chi connectivity index (χ3v) is 6.14. The molecule has 0 amide bonds. The Bertz CT molecular complexity index is 1140. The van der Waals surface area contributed by atoms with Gasteiger partial charge in [-0.2, -0.15) is 5.10 Å². The fourth-order valence-electron chi connectivity index (χ4n) is 3.91. The van der Waals surface area contributed by atoms with Crippen molar-refractivity contribution in [2.45, 2.75) is 45.3 Å². The van der Waals surface area contributed by atoms with Gasteiger partial charge in [0, 0.05) is 29.1 Å². The molecule has 0 unspecified atom stereocenters. The number of nitrogens with zero attached hydrogens (tertiary/aromatic N) is 2. The average Bonchev–Trinajstić information content (AvgIpc) is 3.30. The first-order valence-electron chi connectivity index (χ1n) is 10.8. The highest BCUT2D eigenvalue weighted by Gasteiger charge is 2.28. The van der Waals surface area contributed by atoms with E-state index in [9.17, 15) is 9.59 Å². The first kappa shape index (κ1) is 23.5. The Kier molecular flexibility index (Phi) is 7.48. The third-order valence-electron chi connectivity index (χ3n) is 5.67. The van der Waals surface area contributed by atoms with Gasteiger partial charge in [0.1, 0.15) is 17.2 Å². The van der Waals surface area contributed by atoms with Crippen molar-refractivity contribution in [2.75, 3.05) is 0 Å². The lowest BCUT2D eigenvalue weighted by atomic mass is 9.87. The first-order chi connectivity index (χ1) is 15.9. The number of aromatic nitrogens is 2. The maximum Gasteiger partial charge on any atom is 0.249 e. The summed E-state index contributed by atoms with van der Waals surface area (Å²) in [5, 5.41) is 5.30. The van der Waals surface area contributed by atoms with Crippen LogP contribution in [0.15, 0.2) is 54.7 Å². The van der Waals surface area contributed by atoms with Crippen molar-refractivity contribution in [1.82, 2.24) is 9.78 Å². The predicted molar refractivity (Wildman–Crippen MR) is 126 cm³/mol. The average molecular weight is 487 g/mol. The van der Waals surface area contributed by atoms with Crippen molar-refractivity contribution in [2.24, 2.45) is 5.92 Å². The van der Waals surface area contributed by atoms with Gasteiger partial charge in [-0.25, -0.2) is 4.68 Å². The zero-order chi connectivity index (χ0) is 23.4. The molecule has 4 rings (SSSR count). The summed E-state index contributed by atoms with van der Waals surface area (Å²) in [6.45, 7) is 1.84. The Morgan fingerprint density at radius 3 is 2.36 bits per heavy atom. The van der Waals surface area contributed by atoms with E-state index >= 15 is 0 Å². The molecule has 2 aromatic carbocycles. The van der Waals surface area contributed by atoms with Gasteiger partial charge in [-0.3, -0.25) is 9.59 Å². The quantitative estimate of drug-likeness (QED) is 0.351. The van der Waals surface area contributed by atoms with Crippen molar-refractivity contribution in [3.05, 3.63) is 76.0 Å². The molecule has 0 saturated heterocycles. The molecule has 0 bridgehead atoms. The largest absolute Gasteiger partial charge is 0.457 e. The highest BCUT2D eigenvalue weighted by molar-refractivity contribution is 6.31. The van der Waals surface area contributed by atoms with E-state index in [2.05, 4.69) is 5.10 Å². The number of ketones is 1.